The number of aryl methyl sites for hydroxylation is 1. The van der Waals surface area contributed by atoms with Crippen LogP contribution in [0.15, 0.2) is 48.7 Å². The van der Waals surface area contributed by atoms with Crippen LogP contribution in [0.2, 0.25) is 0 Å². The van der Waals surface area contributed by atoms with Gasteiger partial charge in [0.25, 0.3) is 0 Å². The molecule has 2 aromatic carbocycles. The van der Waals surface area contributed by atoms with E-state index in [9.17, 15) is 4.79 Å². The number of carbonyl (C=O) groups excluding carboxylic acids is 1. The molecule has 0 fully saturated rings. The number of carbonyl (C=O) groups is 1. The number of nitrogens with zero attached hydrogens (tertiary/aromatic N) is 1. The maximum Gasteiger partial charge on any atom is 0.152 e. The Morgan fingerprint density at radius 1 is 1.14 bits per heavy atom. The third-order valence-electron chi connectivity index (χ3n) is 3.72. The van der Waals surface area contributed by atoms with E-state index in [0.29, 0.717) is 5.56 Å². The maximum absolute atomic E-state index is 11.3. The van der Waals surface area contributed by atoms with E-state index in [1.807, 2.05) is 24.4 Å². The summed E-state index contributed by atoms with van der Waals surface area (Å²) in [6.45, 7) is 2.82. The summed E-state index contributed by atoms with van der Waals surface area (Å²) in [4.78, 5) is 11.3. The molecule has 3 rings (SSSR count). The van der Waals surface area contributed by atoms with Gasteiger partial charge in [-0.1, -0.05) is 29.8 Å². The fourth-order valence-electron chi connectivity index (χ4n) is 2.55. The zero-order valence-corrected chi connectivity index (χ0v) is 12.2. The lowest BCUT2D eigenvalue weighted by Crippen LogP contribution is -1.97. The summed E-state index contributed by atoms with van der Waals surface area (Å²) in [6, 6.07) is 14.3. The van der Waals surface area contributed by atoms with E-state index in [4.69, 9.17) is 4.74 Å². The second kappa shape index (κ2) is 5.44. The SMILES string of the molecule is COc1ccc2c(c1)c(C=O)cn2Cc1ccc(C)cc1. The molecular weight excluding hydrogens is 262 g/mol. The Labute approximate surface area is 123 Å². The zero-order chi connectivity index (χ0) is 14.8. The van der Waals surface area contributed by atoms with Gasteiger partial charge in [0, 0.05) is 29.2 Å². The molecule has 106 valence electrons. The Morgan fingerprint density at radius 2 is 1.90 bits per heavy atom. The lowest BCUT2D eigenvalue weighted by molar-refractivity contribution is 0.112. The number of fused-ring (bicyclic) bond motifs is 1. The average molecular weight is 279 g/mol. The fourth-order valence-corrected chi connectivity index (χ4v) is 2.55. The Hall–Kier alpha value is -2.55. The zero-order valence-electron chi connectivity index (χ0n) is 12.2. The standard InChI is InChI=1S/C18H17NO2/c1-13-3-5-14(6-4-13)10-19-11-15(12-20)17-9-16(21-2)7-8-18(17)19/h3-9,11-12H,10H2,1-2H3. The van der Waals surface area contributed by atoms with Gasteiger partial charge in [-0.25, -0.2) is 0 Å². The Bertz CT molecular complexity index is 785. The van der Waals surface area contributed by atoms with E-state index in [1.165, 1.54) is 11.1 Å². The smallest absolute Gasteiger partial charge is 0.152 e. The predicted octanol–water partition coefficient (Wildman–Crippen LogP) is 3.82. The Balaban J connectivity index is 2.06. The van der Waals surface area contributed by atoms with Crippen LogP contribution in [0, 0.1) is 6.92 Å². The fraction of sp³-hybridized carbons (Fsp3) is 0.167. The van der Waals surface area contributed by atoms with Gasteiger partial charge in [0.1, 0.15) is 5.75 Å². The van der Waals surface area contributed by atoms with Crippen LogP contribution in [0.4, 0.5) is 0 Å². The highest BCUT2D eigenvalue weighted by Gasteiger charge is 2.09. The summed E-state index contributed by atoms with van der Waals surface area (Å²) in [6.07, 6.45) is 2.80. The number of aldehydes is 1. The quantitative estimate of drug-likeness (QED) is 0.680. The van der Waals surface area contributed by atoms with Crippen molar-refractivity contribution in [2.45, 2.75) is 13.5 Å². The lowest BCUT2D eigenvalue weighted by atomic mass is 10.1. The van der Waals surface area contributed by atoms with Gasteiger partial charge in [0.05, 0.1) is 7.11 Å². The van der Waals surface area contributed by atoms with Gasteiger partial charge in [-0.05, 0) is 30.7 Å². The monoisotopic (exact) mass is 279 g/mol. The largest absolute Gasteiger partial charge is 0.497 e. The molecule has 0 N–H and O–H groups in total. The van der Waals surface area contributed by atoms with E-state index in [-0.39, 0.29) is 0 Å². The molecule has 0 aliphatic carbocycles. The average Bonchev–Trinajstić information content (AvgIpc) is 2.86. The minimum atomic E-state index is 0.691. The first kappa shape index (κ1) is 13.4. The molecule has 0 saturated heterocycles. The minimum Gasteiger partial charge on any atom is -0.497 e. The summed E-state index contributed by atoms with van der Waals surface area (Å²) < 4.78 is 7.34. The number of hydrogen-bond donors (Lipinski definition) is 0. The van der Waals surface area contributed by atoms with Gasteiger partial charge < -0.3 is 9.30 Å². The Kier molecular flexibility index (Phi) is 3.48. The van der Waals surface area contributed by atoms with Crippen molar-refractivity contribution < 1.29 is 9.53 Å². The molecule has 0 amide bonds. The molecule has 0 atom stereocenters. The summed E-state index contributed by atoms with van der Waals surface area (Å²) in [5.41, 5.74) is 4.19. The molecule has 1 heterocycles. The van der Waals surface area contributed by atoms with Crippen LogP contribution in [0.1, 0.15) is 21.5 Å². The molecule has 0 aliphatic heterocycles. The van der Waals surface area contributed by atoms with Gasteiger partial charge in [-0.15, -0.1) is 0 Å². The molecular formula is C18H17NO2. The molecule has 0 aliphatic rings. The first-order chi connectivity index (χ1) is 10.2. The minimum absolute atomic E-state index is 0.691. The van der Waals surface area contributed by atoms with Crippen LogP contribution in [0.5, 0.6) is 5.75 Å². The lowest BCUT2D eigenvalue weighted by Gasteiger charge is -2.07. The second-order valence-corrected chi connectivity index (χ2v) is 5.20. The van der Waals surface area contributed by atoms with Gasteiger partial charge >= 0.3 is 0 Å². The highest BCUT2D eigenvalue weighted by atomic mass is 16.5. The number of methoxy groups -OCH3 is 1. The van der Waals surface area contributed by atoms with Crippen LogP contribution in [-0.2, 0) is 6.54 Å². The van der Waals surface area contributed by atoms with Crippen molar-refractivity contribution >= 4 is 17.2 Å². The molecule has 21 heavy (non-hydrogen) atoms. The third kappa shape index (κ3) is 2.55. The molecule has 0 bridgehead atoms. The van der Waals surface area contributed by atoms with Crippen molar-refractivity contribution in [1.82, 2.24) is 4.57 Å². The normalized spacial score (nSPS) is 10.8. The summed E-state index contributed by atoms with van der Waals surface area (Å²) in [5.74, 6) is 0.763. The van der Waals surface area contributed by atoms with Crippen LogP contribution < -0.4 is 4.74 Å². The number of hydrogen-bond acceptors (Lipinski definition) is 2. The second-order valence-electron chi connectivity index (χ2n) is 5.20. The van der Waals surface area contributed by atoms with Crippen molar-refractivity contribution in [1.29, 1.82) is 0 Å². The topological polar surface area (TPSA) is 31.2 Å². The highest BCUT2D eigenvalue weighted by Crippen LogP contribution is 2.26. The number of benzene rings is 2. The van der Waals surface area contributed by atoms with Crippen molar-refractivity contribution in [3.8, 4) is 5.75 Å². The van der Waals surface area contributed by atoms with Crippen molar-refractivity contribution in [2.75, 3.05) is 7.11 Å². The first-order valence-corrected chi connectivity index (χ1v) is 6.89. The molecule has 1 aromatic heterocycles. The summed E-state index contributed by atoms with van der Waals surface area (Å²) >= 11 is 0. The van der Waals surface area contributed by atoms with E-state index >= 15 is 0 Å². The van der Waals surface area contributed by atoms with Gasteiger partial charge in [0.15, 0.2) is 6.29 Å². The van der Waals surface area contributed by atoms with Gasteiger partial charge in [-0.2, -0.15) is 0 Å². The maximum atomic E-state index is 11.3. The first-order valence-electron chi connectivity index (χ1n) is 6.89. The van der Waals surface area contributed by atoms with Crippen molar-refractivity contribution in [3.63, 3.8) is 0 Å². The van der Waals surface area contributed by atoms with Crippen LogP contribution >= 0.6 is 0 Å². The van der Waals surface area contributed by atoms with Crippen molar-refractivity contribution in [2.24, 2.45) is 0 Å². The van der Waals surface area contributed by atoms with E-state index in [2.05, 4.69) is 35.8 Å². The molecule has 0 spiro atoms. The molecule has 3 aromatic rings. The van der Waals surface area contributed by atoms with Crippen LogP contribution in [0.3, 0.4) is 0 Å². The van der Waals surface area contributed by atoms with Crippen molar-refractivity contribution in [3.05, 3.63) is 65.4 Å². The third-order valence-corrected chi connectivity index (χ3v) is 3.72. The molecule has 3 nitrogen and oxygen atoms in total. The van der Waals surface area contributed by atoms with Gasteiger partial charge in [-0.3, -0.25) is 4.79 Å². The number of aromatic nitrogens is 1. The molecule has 0 radical (unpaired) electrons. The molecule has 0 saturated carbocycles. The van der Waals surface area contributed by atoms with E-state index in [0.717, 1.165) is 29.5 Å². The Morgan fingerprint density at radius 3 is 2.57 bits per heavy atom. The summed E-state index contributed by atoms with van der Waals surface area (Å²) in [5, 5.41) is 0.927. The number of rotatable bonds is 4. The molecule has 3 heteroatoms. The van der Waals surface area contributed by atoms with E-state index in [1.54, 1.807) is 7.11 Å². The predicted molar refractivity (Wildman–Crippen MR) is 84.2 cm³/mol. The van der Waals surface area contributed by atoms with Crippen LogP contribution in [-0.4, -0.2) is 18.0 Å². The molecule has 0 unspecified atom stereocenters. The van der Waals surface area contributed by atoms with Gasteiger partial charge in [0.2, 0.25) is 0 Å². The summed E-state index contributed by atoms with van der Waals surface area (Å²) in [7, 11) is 1.63. The highest BCUT2D eigenvalue weighted by molar-refractivity contribution is 5.98. The van der Waals surface area contributed by atoms with E-state index < -0.39 is 0 Å². The number of ether oxygens (including phenoxy) is 1. The van der Waals surface area contributed by atoms with Crippen LogP contribution in [0.25, 0.3) is 10.9 Å².